The molecule has 0 heterocycles. The summed E-state index contributed by atoms with van der Waals surface area (Å²) in [6.45, 7) is 5.57. The Hall–Kier alpha value is -2.02. The van der Waals surface area contributed by atoms with Crippen molar-refractivity contribution in [2.75, 3.05) is 26.5 Å². The van der Waals surface area contributed by atoms with Crippen molar-refractivity contribution in [2.24, 2.45) is 5.92 Å². The van der Waals surface area contributed by atoms with E-state index in [0.29, 0.717) is 16.4 Å². The number of hydrogen-bond donors (Lipinski definition) is 1. The Bertz CT molecular complexity index is 617. The van der Waals surface area contributed by atoms with E-state index in [-0.39, 0.29) is 30.2 Å². The fourth-order valence-electron chi connectivity index (χ4n) is 1.70. The summed E-state index contributed by atoms with van der Waals surface area (Å²) in [6, 6.07) is 6.89. The summed E-state index contributed by atoms with van der Waals surface area (Å²) in [5.41, 5.74) is 0.351. The number of hydrogen-bond acceptors (Lipinski definition) is 5. The maximum atomic E-state index is 12.3. The van der Waals surface area contributed by atoms with Gasteiger partial charge < -0.3 is 15.0 Å². The van der Waals surface area contributed by atoms with Gasteiger partial charge in [-0.2, -0.15) is 0 Å². The van der Waals surface area contributed by atoms with Crippen LogP contribution in [0.1, 0.15) is 31.1 Å². The highest BCUT2D eigenvalue weighted by Gasteiger charge is 2.17. The molecule has 1 rings (SSSR count). The summed E-state index contributed by atoms with van der Waals surface area (Å²) in [4.78, 5) is 37.9. The molecule has 0 radical (unpaired) electrons. The maximum absolute atomic E-state index is 12.3. The number of carbonyl (C=O) groups excluding carboxylic acids is 3. The number of rotatable bonds is 8. The predicted molar refractivity (Wildman–Crippen MR) is 98.6 cm³/mol. The second-order valence-electron chi connectivity index (χ2n) is 6.25. The first-order valence-electron chi connectivity index (χ1n) is 8.10. The van der Waals surface area contributed by atoms with Crippen molar-refractivity contribution in [3.05, 3.63) is 29.8 Å². The number of amides is 2. The first-order valence-corrected chi connectivity index (χ1v) is 9.09. The number of nitrogens with zero attached hydrogens (tertiary/aromatic N) is 1. The number of esters is 1. The number of benzene rings is 1. The van der Waals surface area contributed by atoms with Crippen LogP contribution in [-0.2, 0) is 14.3 Å². The van der Waals surface area contributed by atoms with Gasteiger partial charge >= 0.3 is 5.97 Å². The average molecular weight is 366 g/mol. The van der Waals surface area contributed by atoms with Crippen molar-refractivity contribution < 1.29 is 19.1 Å². The molecule has 138 valence electrons. The molecule has 2 amide bonds. The lowest BCUT2D eigenvalue weighted by molar-refractivity contribution is -0.126. The molecule has 0 bridgehead atoms. The van der Waals surface area contributed by atoms with Gasteiger partial charge in [-0.15, -0.1) is 11.8 Å². The zero-order chi connectivity index (χ0) is 19.0. The summed E-state index contributed by atoms with van der Waals surface area (Å²) < 4.78 is 5.11. The van der Waals surface area contributed by atoms with Gasteiger partial charge in [-0.1, -0.05) is 26.0 Å². The van der Waals surface area contributed by atoms with Crippen LogP contribution < -0.4 is 5.32 Å². The largest absolute Gasteiger partial charge is 0.452 e. The molecule has 1 aromatic carbocycles. The molecule has 0 aliphatic rings. The van der Waals surface area contributed by atoms with Crippen LogP contribution in [-0.4, -0.2) is 55.2 Å². The Morgan fingerprint density at radius 3 is 2.40 bits per heavy atom. The molecular formula is C18H26N2O4S. The second kappa shape index (κ2) is 10.1. The monoisotopic (exact) mass is 366 g/mol. The van der Waals surface area contributed by atoms with Gasteiger partial charge in [-0.05, 0) is 25.0 Å². The van der Waals surface area contributed by atoms with E-state index >= 15 is 0 Å². The van der Waals surface area contributed by atoms with Crippen molar-refractivity contribution in [1.29, 1.82) is 0 Å². The van der Waals surface area contributed by atoms with Gasteiger partial charge in [0.2, 0.25) is 5.91 Å². The van der Waals surface area contributed by atoms with E-state index in [1.165, 1.54) is 16.7 Å². The van der Waals surface area contributed by atoms with Gasteiger partial charge in [0.25, 0.3) is 5.91 Å². The van der Waals surface area contributed by atoms with E-state index < -0.39 is 5.97 Å². The lowest BCUT2D eigenvalue weighted by Gasteiger charge is -2.17. The highest BCUT2D eigenvalue weighted by molar-refractivity contribution is 8.00. The van der Waals surface area contributed by atoms with Gasteiger partial charge in [0.15, 0.2) is 6.61 Å². The first-order chi connectivity index (χ1) is 11.7. The van der Waals surface area contributed by atoms with Gasteiger partial charge in [0.05, 0.1) is 11.3 Å². The minimum Gasteiger partial charge on any atom is -0.452 e. The summed E-state index contributed by atoms with van der Waals surface area (Å²) in [5, 5.41) is 2.78. The Labute approximate surface area is 153 Å². The summed E-state index contributed by atoms with van der Waals surface area (Å²) in [5.74, 6) is -0.430. The molecule has 1 N–H and O–H groups in total. The van der Waals surface area contributed by atoms with Crippen LogP contribution in [0.25, 0.3) is 0 Å². The molecule has 1 aromatic rings. The van der Waals surface area contributed by atoms with E-state index in [4.69, 9.17) is 4.74 Å². The molecule has 0 aromatic heterocycles. The molecule has 6 nitrogen and oxygen atoms in total. The normalized spacial score (nSPS) is 11.8. The standard InChI is InChI=1S/C18H26N2O4S/c1-12(2)13(3)19-16(21)10-24-18(23)14-8-6-7-9-15(14)25-11-17(22)20(4)5/h6-9,12-13H,10-11H2,1-5H3,(H,19,21). The zero-order valence-electron chi connectivity index (χ0n) is 15.4. The highest BCUT2D eigenvalue weighted by atomic mass is 32.2. The molecule has 0 aliphatic carbocycles. The van der Waals surface area contributed by atoms with Crippen molar-refractivity contribution in [2.45, 2.75) is 31.7 Å². The number of ether oxygens (including phenoxy) is 1. The van der Waals surface area contributed by atoms with Crippen LogP contribution in [0.2, 0.25) is 0 Å². The van der Waals surface area contributed by atoms with Crippen molar-refractivity contribution in [3.8, 4) is 0 Å². The Morgan fingerprint density at radius 2 is 1.80 bits per heavy atom. The van der Waals surface area contributed by atoms with E-state index in [1.54, 1.807) is 38.4 Å². The summed E-state index contributed by atoms with van der Waals surface area (Å²) in [7, 11) is 3.36. The molecule has 7 heteroatoms. The Balaban J connectivity index is 2.63. The van der Waals surface area contributed by atoms with Crippen LogP contribution in [0.4, 0.5) is 0 Å². The number of thioether (sulfide) groups is 1. The fourth-order valence-corrected chi connectivity index (χ4v) is 2.72. The molecule has 0 saturated heterocycles. The van der Waals surface area contributed by atoms with Crippen LogP contribution in [0.15, 0.2) is 29.2 Å². The molecule has 0 spiro atoms. The molecule has 1 unspecified atom stereocenters. The summed E-state index contributed by atoms with van der Waals surface area (Å²) >= 11 is 1.27. The quantitative estimate of drug-likeness (QED) is 0.564. The van der Waals surface area contributed by atoms with Gasteiger partial charge in [-0.25, -0.2) is 4.79 Å². The zero-order valence-corrected chi connectivity index (χ0v) is 16.2. The first kappa shape index (κ1) is 21.0. The number of carbonyl (C=O) groups is 3. The molecule has 0 saturated carbocycles. The third-order valence-electron chi connectivity index (χ3n) is 3.68. The second-order valence-corrected chi connectivity index (χ2v) is 7.27. The predicted octanol–water partition coefficient (Wildman–Crippen LogP) is 2.18. The molecule has 0 fully saturated rings. The fraction of sp³-hybridized carbons (Fsp3) is 0.500. The van der Waals surface area contributed by atoms with E-state index in [2.05, 4.69) is 5.32 Å². The van der Waals surface area contributed by atoms with Gasteiger partial charge in [0, 0.05) is 25.0 Å². The minimum atomic E-state index is -0.576. The van der Waals surface area contributed by atoms with E-state index in [1.807, 2.05) is 20.8 Å². The van der Waals surface area contributed by atoms with Crippen LogP contribution >= 0.6 is 11.8 Å². The highest BCUT2D eigenvalue weighted by Crippen LogP contribution is 2.23. The lowest BCUT2D eigenvalue weighted by atomic mass is 10.1. The van der Waals surface area contributed by atoms with E-state index in [9.17, 15) is 14.4 Å². The third-order valence-corrected chi connectivity index (χ3v) is 4.74. The molecule has 25 heavy (non-hydrogen) atoms. The van der Waals surface area contributed by atoms with Crippen molar-refractivity contribution >= 4 is 29.5 Å². The van der Waals surface area contributed by atoms with Crippen LogP contribution in [0.5, 0.6) is 0 Å². The summed E-state index contributed by atoms with van der Waals surface area (Å²) in [6.07, 6.45) is 0. The van der Waals surface area contributed by atoms with E-state index in [0.717, 1.165) is 0 Å². The minimum absolute atomic E-state index is 0.00564. The smallest absolute Gasteiger partial charge is 0.339 e. The SMILES string of the molecule is CC(C)C(C)NC(=O)COC(=O)c1ccccc1SCC(=O)N(C)C. The third kappa shape index (κ3) is 7.17. The Kier molecular flexibility index (Phi) is 8.48. The Morgan fingerprint density at radius 1 is 1.16 bits per heavy atom. The topological polar surface area (TPSA) is 75.7 Å². The van der Waals surface area contributed by atoms with Gasteiger partial charge in [-0.3, -0.25) is 9.59 Å². The number of nitrogens with one attached hydrogen (secondary N) is 1. The van der Waals surface area contributed by atoms with Crippen molar-refractivity contribution in [3.63, 3.8) is 0 Å². The average Bonchev–Trinajstić information content (AvgIpc) is 2.57. The van der Waals surface area contributed by atoms with Gasteiger partial charge in [0.1, 0.15) is 0 Å². The molecule has 1 atom stereocenters. The maximum Gasteiger partial charge on any atom is 0.339 e. The van der Waals surface area contributed by atoms with Crippen molar-refractivity contribution in [1.82, 2.24) is 10.2 Å². The molecule has 0 aliphatic heterocycles. The lowest BCUT2D eigenvalue weighted by Crippen LogP contribution is -2.38. The van der Waals surface area contributed by atoms with Crippen LogP contribution in [0.3, 0.4) is 0 Å². The molecular weight excluding hydrogens is 340 g/mol. The van der Waals surface area contributed by atoms with Crippen LogP contribution in [0, 0.1) is 5.92 Å².